The average molecular weight is 460 g/mol. The number of β-lactam (4-membered cyclic amide) rings is 1. The number of amides is 3. The smallest absolute Gasteiger partial charge is 0.404 e. The van der Waals surface area contributed by atoms with Crippen molar-refractivity contribution in [1.29, 1.82) is 0 Å². The van der Waals surface area contributed by atoms with Gasteiger partial charge < -0.3 is 36.6 Å². The molecule has 1 fully saturated rings. The molecule has 2 atom stereocenters. The van der Waals surface area contributed by atoms with Crippen LogP contribution in [0.4, 0.5) is 9.93 Å². The zero-order chi connectivity index (χ0) is 23.1. The first-order valence-electron chi connectivity index (χ1n) is 8.14. The number of hydrogen-bond acceptors (Lipinski definition) is 12. The summed E-state index contributed by atoms with van der Waals surface area (Å²) < 4.78 is 4.60. The van der Waals surface area contributed by atoms with Crippen LogP contribution < -0.4 is 16.8 Å². The number of oxime groups is 1. The van der Waals surface area contributed by atoms with Gasteiger partial charge in [-0.05, 0) is 0 Å². The molecule has 1 aliphatic heterocycles. The second-order valence-electron chi connectivity index (χ2n) is 5.66. The molecule has 16 nitrogen and oxygen atoms in total. The lowest BCUT2D eigenvalue weighted by Crippen LogP contribution is -2.72. The summed E-state index contributed by atoms with van der Waals surface area (Å²) in [6.07, 6.45) is -1.18. The Hall–Kier alpha value is -3.99. The van der Waals surface area contributed by atoms with Crippen molar-refractivity contribution < 1.29 is 48.6 Å². The highest BCUT2D eigenvalue weighted by molar-refractivity contribution is 7.13. The molecule has 0 aliphatic carbocycles. The molecule has 1 aromatic rings. The number of rotatable bonds is 11. The highest BCUT2D eigenvalue weighted by Gasteiger charge is 2.51. The van der Waals surface area contributed by atoms with Crippen molar-refractivity contribution in [3.8, 4) is 0 Å². The normalized spacial score (nSPS) is 18.1. The number of nitrogens with two attached hydrogens (primary N) is 2. The number of carbonyl (C=O) groups is 5. The number of carboxylic acid groups (broad SMARTS) is 2. The zero-order valence-corrected chi connectivity index (χ0v) is 16.2. The number of hydroxylamine groups is 2. The maximum Gasteiger partial charge on any atom is 0.404 e. The second kappa shape index (κ2) is 10.2. The van der Waals surface area contributed by atoms with Gasteiger partial charge >= 0.3 is 18.0 Å². The van der Waals surface area contributed by atoms with E-state index >= 15 is 0 Å². The monoisotopic (exact) mass is 460 g/mol. The van der Waals surface area contributed by atoms with Crippen LogP contribution in [0.25, 0.3) is 0 Å². The number of thiazole rings is 1. The van der Waals surface area contributed by atoms with E-state index < -0.39 is 67.5 Å². The fraction of sp³-hybridized carbons (Fsp3) is 0.357. The summed E-state index contributed by atoms with van der Waals surface area (Å²) in [4.78, 5) is 70.3. The summed E-state index contributed by atoms with van der Waals surface area (Å²) in [5.41, 5.74) is 9.87. The van der Waals surface area contributed by atoms with Crippen LogP contribution in [0, 0.1) is 0 Å². The fourth-order valence-electron chi connectivity index (χ4n) is 2.25. The number of carbonyl (C=O) groups excluding carboxylic acids is 3. The Morgan fingerprint density at radius 3 is 2.48 bits per heavy atom. The summed E-state index contributed by atoms with van der Waals surface area (Å²) >= 11 is 0.962. The number of ether oxygens (including phenoxy) is 1. The van der Waals surface area contributed by atoms with Crippen molar-refractivity contribution in [3.05, 3.63) is 11.1 Å². The van der Waals surface area contributed by atoms with Crippen LogP contribution in [0.15, 0.2) is 10.5 Å². The summed E-state index contributed by atoms with van der Waals surface area (Å²) in [6.45, 7) is -2.24. The minimum absolute atomic E-state index is 0.0546. The number of nitrogens with zero attached hydrogens (tertiary/aromatic N) is 3. The van der Waals surface area contributed by atoms with Crippen molar-refractivity contribution in [1.82, 2.24) is 15.4 Å². The molecule has 0 unspecified atom stereocenters. The molecule has 17 heteroatoms. The molecule has 0 saturated carbocycles. The molecule has 1 saturated heterocycles. The third-order valence-corrected chi connectivity index (χ3v) is 4.18. The Balaban J connectivity index is 2.17. The molecule has 1 aromatic heterocycles. The lowest BCUT2D eigenvalue weighted by Gasteiger charge is -2.44. The predicted octanol–water partition coefficient (Wildman–Crippen LogP) is -2.66. The minimum atomic E-state index is -1.37. The van der Waals surface area contributed by atoms with Crippen LogP contribution in [0.2, 0.25) is 0 Å². The molecular weight excluding hydrogens is 444 g/mol. The van der Waals surface area contributed by atoms with Gasteiger partial charge in [0.2, 0.25) is 6.61 Å². The van der Waals surface area contributed by atoms with Gasteiger partial charge in [-0.25, -0.2) is 24.4 Å². The van der Waals surface area contributed by atoms with Gasteiger partial charge in [0.05, 0.1) is 0 Å². The molecular formula is C14H16N6O10S. The summed E-state index contributed by atoms with van der Waals surface area (Å²) in [5, 5.41) is 25.1. The van der Waals surface area contributed by atoms with E-state index in [1.165, 1.54) is 5.38 Å². The fourth-order valence-corrected chi connectivity index (χ4v) is 2.80. The van der Waals surface area contributed by atoms with Crippen molar-refractivity contribution in [2.45, 2.75) is 12.1 Å². The Morgan fingerprint density at radius 2 is 1.94 bits per heavy atom. The molecule has 1 aliphatic rings. The third-order valence-electron chi connectivity index (χ3n) is 3.50. The van der Waals surface area contributed by atoms with E-state index in [0.717, 1.165) is 11.3 Å². The number of primary amides is 1. The van der Waals surface area contributed by atoms with E-state index in [9.17, 15) is 24.0 Å². The molecule has 0 bridgehead atoms. The first-order valence-corrected chi connectivity index (χ1v) is 9.02. The van der Waals surface area contributed by atoms with Gasteiger partial charge in [0.1, 0.15) is 24.4 Å². The molecule has 31 heavy (non-hydrogen) atoms. The minimum Gasteiger partial charge on any atom is -0.479 e. The van der Waals surface area contributed by atoms with Crippen molar-refractivity contribution in [2.75, 3.05) is 25.6 Å². The van der Waals surface area contributed by atoms with E-state index in [-0.39, 0.29) is 10.8 Å². The van der Waals surface area contributed by atoms with Crippen LogP contribution in [0.3, 0.4) is 0 Å². The number of carboxylic acids is 2. The standard InChI is InChI=1S/C14H16N6O10S/c15-13-17-5(4-31-13)9(19-29-2-7(21)22)11(25)18-10-6(1-28-14(16)27)20(12(10)26)30-3-8(23)24/h4,6,10H,1-3H2,(H2,15,17)(H2,16,27)(H,18,25)(H,21,22)(H,23,24)/b19-9-/t6-,10-/m1/s1. The molecule has 168 valence electrons. The van der Waals surface area contributed by atoms with E-state index in [2.05, 4.69) is 25.0 Å². The number of aromatic nitrogens is 1. The lowest BCUT2D eigenvalue weighted by molar-refractivity contribution is -0.240. The number of anilines is 1. The average Bonchev–Trinajstić information content (AvgIpc) is 3.10. The van der Waals surface area contributed by atoms with Gasteiger partial charge in [-0.15, -0.1) is 11.3 Å². The Kier molecular flexibility index (Phi) is 7.64. The van der Waals surface area contributed by atoms with Gasteiger partial charge in [0.25, 0.3) is 11.8 Å². The first-order chi connectivity index (χ1) is 14.6. The number of aliphatic carboxylic acids is 2. The van der Waals surface area contributed by atoms with Crippen molar-refractivity contribution in [3.63, 3.8) is 0 Å². The molecule has 3 amide bonds. The summed E-state index contributed by atoms with van der Waals surface area (Å²) in [5.74, 6) is -4.58. The molecule has 0 aromatic carbocycles. The highest BCUT2D eigenvalue weighted by Crippen LogP contribution is 2.22. The van der Waals surface area contributed by atoms with E-state index in [1.807, 2.05) is 0 Å². The van der Waals surface area contributed by atoms with Gasteiger partial charge in [-0.1, -0.05) is 5.16 Å². The summed E-state index contributed by atoms with van der Waals surface area (Å²) in [6, 6.07) is -2.42. The zero-order valence-electron chi connectivity index (χ0n) is 15.4. The third kappa shape index (κ3) is 6.24. The van der Waals surface area contributed by atoms with Gasteiger partial charge in [0.15, 0.2) is 17.5 Å². The van der Waals surface area contributed by atoms with Crippen molar-refractivity contribution in [2.24, 2.45) is 10.9 Å². The molecule has 2 rings (SSSR count). The predicted molar refractivity (Wildman–Crippen MR) is 98.3 cm³/mol. The van der Waals surface area contributed by atoms with Crippen LogP contribution in [0.5, 0.6) is 0 Å². The first kappa shape index (κ1) is 23.3. The largest absolute Gasteiger partial charge is 0.479 e. The van der Waals surface area contributed by atoms with E-state index in [1.54, 1.807) is 0 Å². The second-order valence-corrected chi connectivity index (χ2v) is 6.55. The molecule has 0 radical (unpaired) electrons. The van der Waals surface area contributed by atoms with Crippen LogP contribution in [-0.4, -0.2) is 87.7 Å². The van der Waals surface area contributed by atoms with Crippen LogP contribution >= 0.6 is 11.3 Å². The lowest BCUT2D eigenvalue weighted by atomic mass is 9.98. The number of nitrogens with one attached hydrogen (secondary N) is 1. The molecule has 7 N–H and O–H groups in total. The number of hydrogen-bond donors (Lipinski definition) is 5. The van der Waals surface area contributed by atoms with Crippen molar-refractivity contribution >= 4 is 52.0 Å². The van der Waals surface area contributed by atoms with Gasteiger partial charge in [0, 0.05) is 5.38 Å². The quantitative estimate of drug-likeness (QED) is 0.129. The van der Waals surface area contributed by atoms with Crippen LogP contribution in [-0.2, 0) is 33.6 Å². The molecule has 0 spiro atoms. The van der Waals surface area contributed by atoms with E-state index in [0.29, 0.717) is 5.06 Å². The van der Waals surface area contributed by atoms with E-state index in [4.69, 9.17) is 26.5 Å². The highest BCUT2D eigenvalue weighted by atomic mass is 32.1. The Morgan fingerprint density at radius 1 is 1.26 bits per heavy atom. The number of nitrogen functional groups attached to an aromatic ring is 1. The van der Waals surface area contributed by atoms with Crippen LogP contribution in [0.1, 0.15) is 5.69 Å². The topological polar surface area (TPSA) is 246 Å². The molecule has 2 heterocycles. The van der Waals surface area contributed by atoms with Gasteiger partial charge in [-0.2, -0.15) is 0 Å². The SMILES string of the molecule is NC(=O)OC[C@@H]1[C@@H](NC(=O)/C(=N\OCC(=O)O)c2csc(N)n2)C(=O)N1OCC(=O)O. The Labute approximate surface area is 176 Å². The van der Waals surface area contributed by atoms with Gasteiger partial charge in [-0.3, -0.25) is 14.4 Å². The Bertz CT molecular complexity index is 917. The summed E-state index contributed by atoms with van der Waals surface area (Å²) in [7, 11) is 0. The maximum atomic E-state index is 12.7. The maximum absolute atomic E-state index is 12.7.